The number of hydrogen-bond donors (Lipinski definition) is 2. The highest BCUT2D eigenvalue weighted by molar-refractivity contribution is 6.33. The molecule has 0 saturated carbocycles. The van der Waals surface area contributed by atoms with Gasteiger partial charge in [-0.25, -0.2) is 9.97 Å². The summed E-state index contributed by atoms with van der Waals surface area (Å²) in [5.74, 6) is 0.622. The molecule has 1 aromatic carbocycles. The minimum atomic E-state index is 0.343. The van der Waals surface area contributed by atoms with Crippen LogP contribution in [-0.4, -0.2) is 47.4 Å². The van der Waals surface area contributed by atoms with Crippen molar-refractivity contribution in [3.8, 4) is 11.3 Å². The van der Waals surface area contributed by atoms with Crippen LogP contribution in [0.1, 0.15) is 12.8 Å². The summed E-state index contributed by atoms with van der Waals surface area (Å²) in [5, 5.41) is 8.52. The van der Waals surface area contributed by atoms with Gasteiger partial charge >= 0.3 is 0 Å². The Morgan fingerprint density at radius 3 is 3.07 bits per heavy atom. The maximum absolute atomic E-state index is 6.49. The average molecular weight is 386 g/mol. The predicted molar refractivity (Wildman–Crippen MR) is 109 cm³/mol. The van der Waals surface area contributed by atoms with Gasteiger partial charge in [-0.3, -0.25) is 0 Å². The molecule has 0 spiro atoms. The molecule has 7 heteroatoms. The number of ether oxygens (including phenoxy) is 1. The highest BCUT2D eigenvalue weighted by Gasteiger charge is 2.18. The van der Waals surface area contributed by atoms with E-state index >= 15 is 0 Å². The number of hydrogen-bond acceptors (Lipinski definition) is 5. The van der Waals surface area contributed by atoms with Crippen LogP contribution in [0.5, 0.6) is 0 Å². The molecule has 1 atom stereocenters. The molecule has 4 rings (SSSR count). The number of anilines is 1. The first-order valence-electron chi connectivity index (χ1n) is 9.33. The topological polar surface area (TPSA) is 64.0 Å². The van der Waals surface area contributed by atoms with Crippen LogP contribution in [0.25, 0.3) is 22.2 Å². The van der Waals surface area contributed by atoms with Crippen molar-refractivity contribution >= 4 is 28.5 Å². The number of nitrogens with zero attached hydrogens (tertiary/aromatic N) is 3. The number of fused-ring (bicyclic) bond motifs is 1. The summed E-state index contributed by atoms with van der Waals surface area (Å²) < 4.78 is 7.43. The molecule has 1 fully saturated rings. The van der Waals surface area contributed by atoms with E-state index in [2.05, 4.69) is 38.5 Å². The Hall–Kier alpha value is -2.15. The van der Waals surface area contributed by atoms with Crippen molar-refractivity contribution in [3.05, 3.63) is 41.7 Å². The standard InChI is InChI=1S/C20H24ClN5O/c1-27-10-9-26-13-16(15-6-2-3-7-18(15)26)19-17(21)12-23-20(25-19)24-14-5-4-8-22-11-14/h2-3,6-7,12-14,22H,4-5,8-11H2,1H3,(H,23,24,25)/t14-/m0/s1. The van der Waals surface area contributed by atoms with Gasteiger partial charge in [-0.2, -0.15) is 0 Å². The molecule has 0 radical (unpaired) electrons. The highest BCUT2D eigenvalue weighted by Crippen LogP contribution is 2.34. The predicted octanol–water partition coefficient (Wildman–Crippen LogP) is 3.56. The summed E-state index contributed by atoms with van der Waals surface area (Å²) in [6, 6.07) is 8.63. The van der Waals surface area contributed by atoms with E-state index < -0.39 is 0 Å². The average Bonchev–Trinajstić information content (AvgIpc) is 3.07. The van der Waals surface area contributed by atoms with Crippen LogP contribution in [0, 0.1) is 0 Å². The Bertz CT molecular complexity index is 920. The normalized spacial score (nSPS) is 17.3. The van der Waals surface area contributed by atoms with E-state index in [1.54, 1.807) is 13.3 Å². The number of nitrogens with one attached hydrogen (secondary N) is 2. The Labute approximate surface area is 163 Å². The van der Waals surface area contributed by atoms with E-state index in [4.69, 9.17) is 21.3 Å². The van der Waals surface area contributed by atoms with Crippen molar-refractivity contribution < 1.29 is 4.74 Å². The van der Waals surface area contributed by atoms with Crippen LogP contribution < -0.4 is 10.6 Å². The van der Waals surface area contributed by atoms with E-state index in [1.807, 2.05) is 12.1 Å². The number of halogens is 1. The van der Waals surface area contributed by atoms with E-state index in [0.717, 1.165) is 54.6 Å². The Kier molecular flexibility index (Phi) is 5.57. The van der Waals surface area contributed by atoms with Crippen molar-refractivity contribution in [1.29, 1.82) is 0 Å². The lowest BCUT2D eigenvalue weighted by Gasteiger charge is -2.23. The third kappa shape index (κ3) is 3.93. The monoisotopic (exact) mass is 385 g/mol. The van der Waals surface area contributed by atoms with Gasteiger partial charge in [-0.1, -0.05) is 29.8 Å². The Balaban J connectivity index is 1.71. The van der Waals surface area contributed by atoms with Gasteiger partial charge in [0.1, 0.15) is 0 Å². The third-order valence-electron chi connectivity index (χ3n) is 4.95. The van der Waals surface area contributed by atoms with Crippen LogP contribution in [0.2, 0.25) is 5.02 Å². The molecule has 0 unspecified atom stereocenters. The zero-order chi connectivity index (χ0) is 18.6. The smallest absolute Gasteiger partial charge is 0.223 e. The minimum absolute atomic E-state index is 0.343. The molecular weight excluding hydrogens is 362 g/mol. The molecule has 3 aromatic rings. The van der Waals surface area contributed by atoms with Gasteiger partial charge in [0.2, 0.25) is 5.95 Å². The molecule has 1 aliphatic heterocycles. The molecule has 0 bridgehead atoms. The first-order chi connectivity index (χ1) is 13.3. The maximum Gasteiger partial charge on any atom is 0.223 e. The van der Waals surface area contributed by atoms with Crippen LogP contribution in [0.3, 0.4) is 0 Å². The van der Waals surface area contributed by atoms with E-state index in [9.17, 15) is 0 Å². The fraction of sp³-hybridized carbons (Fsp3) is 0.400. The summed E-state index contributed by atoms with van der Waals surface area (Å²) in [7, 11) is 1.71. The largest absolute Gasteiger partial charge is 0.383 e. The second kappa shape index (κ2) is 8.25. The lowest BCUT2D eigenvalue weighted by molar-refractivity contribution is 0.188. The zero-order valence-electron chi connectivity index (χ0n) is 15.4. The van der Waals surface area contributed by atoms with E-state index in [0.29, 0.717) is 23.6 Å². The van der Waals surface area contributed by atoms with Crippen LogP contribution >= 0.6 is 11.6 Å². The van der Waals surface area contributed by atoms with E-state index in [1.165, 1.54) is 0 Å². The van der Waals surface area contributed by atoms with Gasteiger partial charge in [-0.05, 0) is 25.5 Å². The first-order valence-corrected chi connectivity index (χ1v) is 9.71. The van der Waals surface area contributed by atoms with Crippen LogP contribution in [0.4, 0.5) is 5.95 Å². The molecule has 3 heterocycles. The van der Waals surface area contributed by atoms with Gasteiger partial charge in [-0.15, -0.1) is 0 Å². The lowest BCUT2D eigenvalue weighted by Crippen LogP contribution is -2.38. The minimum Gasteiger partial charge on any atom is -0.383 e. The molecule has 2 N–H and O–H groups in total. The van der Waals surface area contributed by atoms with Gasteiger partial charge in [0.25, 0.3) is 0 Å². The summed E-state index contributed by atoms with van der Waals surface area (Å²) in [4.78, 5) is 9.14. The maximum atomic E-state index is 6.49. The fourth-order valence-corrected chi connectivity index (χ4v) is 3.79. The second-order valence-corrected chi connectivity index (χ2v) is 7.23. The van der Waals surface area contributed by atoms with Crippen LogP contribution in [0.15, 0.2) is 36.7 Å². The summed E-state index contributed by atoms with van der Waals surface area (Å²) >= 11 is 6.49. The van der Waals surface area contributed by atoms with E-state index in [-0.39, 0.29) is 0 Å². The molecule has 2 aromatic heterocycles. The third-order valence-corrected chi connectivity index (χ3v) is 5.23. The van der Waals surface area contributed by atoms with Gasteiger partial charge in [0.05, 0.1) is 23.5 Å². The summed E-state index contributed by atoms with van der Waals surface area (Å²) in [6.45, 7) is 3.43. The molecular formula is C20H24ClN5O. The first kappa shape index (κ1) is 18.2. The summed E-state index contributed by atoms with van der Waals surface area (Å²) in [6.07, 6.45) is 6.06. The second-order valence-electron chi connectivity index (χ2n) is 6.82. The molecule has 6 nitrogen and oxygen atoms in total. The number of aromatic nitrogens is 3. The molecule has 0 amide bonds. The van der Waals surface area contributed by atoms with Crippen molar-refractivity contribution in [2.75, 3.05) is 32.1 Å². The Morgan fingerprint density at radius 2 is 2.26 bits per heavy atom. The number of benzene rings is 1. The Morgan fingerprint density at radius 1 is 1.37 bits per heavy atom. The fourth-order valence-electron chi connectivity index (χ4n) is 3.59. The van der Waals surface area contributed by atoms with Crippen molar-refractivity contribution in [2.45, 2.75) is 25.4 Å². The van der Waals surface area contributed by atoms with Crippen molar-refractivity contribution in [2.24, 2.45) is 0 Å². The zero-order valence-corrected chi connectivity index (χ0v) is 16.2. The quantitative estimate of drug-likeness (QED) is 0.679. The summed E-state index contributed by atoms with van der Waals surface area (Å²) in [5.41, 5.74) is 2.91. The molecule has 27 heavy (non-hydrogen) atoms. The number of methoxy groups -OCH3 is 1. The molecule has 142 valence electrons. The number of rotatable bonds is 6. The van der Waals surface area contributed by atoms with Crippen LogP contribution in [-0.2, 0) is 11.3 Å². The van der Waals surface area contributed by atoms with Gasteiger partial charge < -0.3 is 19.9 Å². The SMILES string of the molecule is COCCn1cc(-c2nc(N[C@H]3CCCNC3)ncc2Cl)c2ccccc21. The van der Waals surface area contributed by atoms with Gasteiger partial charge in [0.15, 0.2) is 0 Å². The van der Waals surface area contributed by atoms with Crippen molar-refractivity contribution in [1.82, 2.24) is 19.9 Å². The molecule has 1 saturated heterocycles. The number of para-hydroxylation sites is 1. The number of piperidine rings is 1. The highest BCUT2D eigenvalue weighted by atomic mass is 35.5. The molecule has 0 aliphatic carbocycles. The lowest BCUT2D eigenvalue weighted by atomic mass is 10.1. The van der Waals surface area contributed by atoms with Crippen molar-refractivity contribution in [3.63, 3.8) is 0 Å². The van der Waals surface area contributed by atoms with Gasteiger partial charge in [0, 0.05) is 48.9 Å². The molecule has 1 aliphatic rings.